The number of amides is 2. The lowest BCUT2D eigenvalue weighted by Crippen LogP contribution is -2.40. The third-order valence-corrected chi connectivity index (χ3v) is 2.65. The van der Waals surface area contributed by atoms with Gasteiger partial charge in [0.25, 0.3) is 5.91 Å². The fourth-order valence-electron chi connectivity index (χ4n) is 1.91. The van der Waals surface area contributed by atoms with Crippen molar-refractivity contribution in [1.82, 2.24) is 4.90 Å². The number of para-hydroxylation sites is 1. The number of benzene rings is 1. The number of anilines is 1. The van der Waals surface area contributed by atoms with Crippen LogP contribution in [0.5, 0.6) is 0 Å². The molecule has 1 aromatic rings. The Hall–Kier alpha value is -2.04. The lowest BCUT2D eigenvalue weighted by Gasteiger charge is -2.24. The summed E-state index contributed by atoms with van der Waals surface area (Å²) >= 11 is 0. The average Bonchev–Trinajstić information content (AvgIpc) is 2.36. The number of hydrogen-bond donors (Lipinski definition) is 2. The van der Waals surface area contributed by atoms with Gasteiger partial charge in [-0.05, 0) is 18.1 Å². The smallest absolute Gasteiger partial charge is 0.256 e. The molecule has 19 heavy (non-hydrogen) atoms. The Morgan fingerprint density at radius 1 is 1.32 bits per heavy atom. The molecule has 2 amide bonds. The minimum Gasteiger partial charge on any atom is -0.387 e. The van der Waals surface area contributed by atoms with Crippen LogP contribution in [0.4, 0.5) is 5.69 Å². The molecule has 0 spiro atoms. The van der Waals surface area contributed by atoms with Crippen molar-refractivity contribution in [3.63, 3.8) is 0 Å². The van der Waals surface area contributed by atoms with Crippen LogP contribution in [0, 0.1) is 5.92 Å². The Kier molecular flexibility index (Phi) is 5.36. The molecule has 0 aliphatic carbocycles. The predicted octanol–water partition coefficient (Wildman–Crippen LogP) is 1.31. The molecular weight excluding hydrogens is 242 g/mol. The quantitative estimate of drug-likeness (QED) is 0.812. The molecule has 5 nitrogen and oxygen atoms in total. The van der Waals surface area contributed by atoms with E-state index in [0.717, 1.165) is 5.69 Å². The van der Waals surface area contributed by atoms with Gasteiger partial charge in [-0.15, -0.1) is 0 Å². The number of rotatable bonds is 6. The van der Waals surface area contributed by atoms with Crippen LogP contribution in [0.3, 0.4) is 0 Å². The molecule has 1 rings (SSSR count). The van der Waals surface area contributed by atoms with E-state index in [-0.39, 0.29) is 18.4 Å². The van der Waals surface area contributed by atoms with Crippen molar-refractivity contribution >= 4 is 17.5 Å². The van der Waals surface area contributed by atoms with Gasteiger partial charge in [0.05, 0.1) is 12.1 Å². The Bertz CT molecular complexity index is 458. The Morgan fingerprint density at radius 3 is 2.47 bits per heavy atom. The predicted molar refractivity (Wildman–Crippen MR) is 75.9 cm³/mol. The first-order chi connectivity index (χ1) is 8.95. The highest BCUT2D eigenvalue weighted by molar-refractivity contribution is 6.01. The normalized spacial score (nSPS) is 10.3. The van der Waals surface area contributed by atoms with E-state index in [1.807, 2.05) is 26.0 Å². The monoisotopic (exact) mass is 263 g/mol. The first-order valence-corrected chi connectivity index (χ1v) is 6.30. The zero-order chi connectivity index (χ0) is 14.4. The first kappa shape index (κ1) is 15.0. The first-order valence-electron chi connectivity index (χ1n) is 6.30. The molecule has 0 unspecified atom stereocenters. The van der Waals surface area contributed by atoms with E-state index in [1.54, 1.807) is 19.2 Å². The minimum atomic E-state index is -0.504. The van der Waals surface area contributed by atoms with Crippen molar-refractivity contribution in [2.24, 2.45) is 11.7 Å². The van der Waals surface area contributed by atoms with Crippen LogP contribution in [-0.2, 0) is 4.79 Å². The molecule has 104 valence electrons. The fourth-order valence-corrected chi connectivity index (χ4v) is 1.91. The topological polar surface area (TPSA) is 75.4 Å². The van der Waals surface area contributed by atoms with Crippen molar-refractivity contribution in [2.45, 2.75) is 13.8 Å². The van der Waals surface area contributed by atoms with Crippen LogP contribution in [-0.4, -0.2) is 36.9 Å². The maximum atomic E-state index is 12.5. The summed E-state index contributed by atoms with van der Waals surface area (Å²) in [7, 11) is 1.76. The molecule has 0 bridgehead atoms. The number of nitrogens with two attached hydrogens (primary N) is 1. The van der Waals surface area contributed by atoms with Crippen LogP contribution in [0.2, 0.25) is 0 Å². The standard InChI is InChI=1S/C14H21N3O2/c1-10(2)8-17(9-13(15)18)14(19)11-6-4-5-7-12(11)16-3/h4-7,10,16H,8-9H2,1-3H3,(H2,15,18). The Labute approximate surface area is 113 Å². The van der Waals surface area contributed by atoms with Crippen molar-refractivity contribution < 1.29 is 9.59 Å². The molecule has 0 aromatic heterocycles. The molecule has 0 aliphatic rings. The molecule has 0 saturated heterocycles. The zero-order valence-corrected chi connectivity index (χ0v) is 11.6. The van der Waals surface area contributed by atoms with Gasteiger partial charge >= 0.3 is 0 Å². The summed E-state index contributed by atoms with van der Waals surface area (Å²) in [6.45, 7) is 4.42. The molecule has 3 N–H and O–H groups in total. The van der Waals surface area contributed by atoms with Crippen LogP contribution < -0.4 is 11.1 Å². The minimum absolute atomic E-state index is 0.0605. The van der Waals surface area contributed by atoms with Gasteiger partial charge in [-0.1, -0.05) is 26.0 Å². The molecule has 1 aromatic carbocycles. The van der Waals surface area contributed by atoms with E-state index >= 15 is 0 Å². The second kappa shape index (κ2) is 6.78. The maximum absolute atomic E-state index is 12.5. The van der Waals surface area contributed by atoms with E-state index in [4.69, 9.17) is 5.73 Å². The van der Waals surface area contributed by atoms with E-state index in [0.29, 0.717) is 12.1 Å². The summed E-state index contributed by atoms with van der Waals surface area (Å²) in [4.78, 5) is 25.1. The van der Waals surface area contributed by atoms with Gasteiger partial charge in [0.1, 0.15) is 0 Å². The van der Waals surface area contributed by atoms with Gasteiger partial charge in [-0.25, -0.2) is 0 Å². The van der Waals surface area contributed by atoms with Crippen LogP contribution in [0.1, 0.15) is 24.2 Å². The maximum Gasteiger partial charge on any atom is 0.256 e. The molecule has 5 heteroatoms. The number of nitrogens with zero attached hydrogens (tertiary/aromatic N) is 1. The number of hydrogen-bond acceptors (Lipinski definition) is 3. The molecule has 0 radical (unpaired) electrons. The van der Waals surface area contributed by atoms with Crippen molar-refractivity contribution in [3.8, 4) is 0 Å². The summed E-state index contributed by atoms with van der Waals surface area (Å²) in [5.41, 5.74) is 6.50. The lowest BCUT2D eigenvalue weighted by atomic mass is 10.1. The summed E-state index contributed by atoms with van der Waals surface area (Å²) in [5, 5.41) is 2.97. The number of carbonyl (C=O) groups is 2. The molecule has 0 saturated carbocycles. The van der Waals surface area contributed by atoms with Gasteiger partial charge in [-0.2, -0.15) is 0 Å². The summed E-state index contributed by atoms with van der Waals surface area (Å²) in [5.74, 6) is -0.418. The summed E-state index contributed by atoms with van der Waals surface area (Å²) in [6.07, 6.45) is 0. The summed E-state index contributed by atoms with van der Waals surface area (Å²) < 4.78 is 0. The lowest BCUT2D eigenvalue weighted by molar-refractivity contribution is -0.118. The molecular formula is C14H21N3O2. The highest BCUT2D eigenvalue weighted by atomic mass is 16.2. The van der Waals surface area contributed by atoms with E-state index in [1.165, 1.54) is 4.90 Å². The largest absolute Gasteiger partial charge is 0.387 e. The molecule has 0 fully saturated rings. The Morgan fingerprint density at radius 2 is 1.95 bits per heavy atom. The highest BCUT2D eigenvalue weighted by Gasteiger charge is 2.20. The van der Waals surface area contributed by atoms with E-state index in [2.05, 4.69) is 5.32 Å². The fraction of sp³-hybridized carbons (Fsp3) is 0.429. The van der Waals surface area contributed by atoms with E-state index in [9.17, 15) is 9.59 Å². The second-order valence-electron chi connectivity index (χ2n) is 4.84. The molecule has 0 aliphatic heterocycles. The van der Waals surface area contributed by atoms with Crippen molar-refractivity contribution in [3.05, 3.63) is 29.8 Å². The van der Waals surface area contributed by atoms with Crippen molar-refractivity contribution in [2.75, 3.05) is 25.5 Å². The van der Waals surface area contributed by atoms with Crippen molar-refractivity contribution in [1.29, 1.82) is 0 Å². The van der Waals surface area contributed by atoms with Gasteiger partial charge in [-0.3, -0.25) is 9.59 Å². The van der Waals surface area contributed by atoms with Gasteiger partial charge in [0.15, 0.2) is 0 Å². The molecule has 0 atom stereocenters. The second-order valence-corrected chi connectivity index (χ2v) is 4.84. The highest BCUT2D eigenvalue weighted by Crippen LogP contribution is 2.17. The number of primary amides is 1. The van der Waals surface area contributed by atoms with Gasteiger partial charge < -0.3 is 16.0 Å². The molecule has 0 heterocycles. The third kappa shape index (κ3) is 4.28. The zero-order valence-electron chi connectivity index (χ0n) is 11.6. The van der Waals surface area contributed by atoms with E-state index < -0.39 is 5.91 Å². The Balaban J connectivity index is 3.00. The third-order valence-electron chi connectivity index (χ3n) is 2.65. The number of carbonyl (C=O) groups excluding carboxylic acids is 2. The van der Waals surface area contributed by atoms with Gasteiger partial charge in [0, 0.05) is 19.3 Å². The summed E-state index contributed by atoms with van der Waals surface area (Å²) in [6, 6.07) is 7.21. The van der Waals surface area contributed by atoms with Crippen LogP contribution in [0.25, 0.3) is 0 Å². The SMILES string of the molecule is CNc1ccccc1C(=O)N(CC(N)=O)CC(C)C. The van der Waals surface area contributed by atoms with Crippen LogP contribution in [0.15, 0.2) is 24.3 Å². The average molecular weight is 263 g/mol. The van der Waals surface area contributed by atoms with Crippen LogP contribution >= 0.6 is 0 Å². The van der Waals surface area contributed by atoms with Gasteiger partial charge in [0.2, 0.25) is 5.91 Å². The number of nitrogens with one attached hydrogen (secondary N) is 1.